The number of hydrogen-bond acceptors (Lipinski definition) is 3. The molecule has 0 saturated carbocycles. The molecular formula is C15H24BrNO2. The van der Waals surface area contributed by atoms with Crippen molar-refractivity contribution in [3.05, 3.63) is 27.7 Å². The van der Waals surface area contributed by atoms with Crippen LogP contribution in [0.15, 0.2) is 16.6 Å². The fourth-order valence-corrected chi connectivity index (χ4v) is 2.01. The molecule has 108 valence electrons. The first-order chi connectivity index (χ1) is 8.90. The largest absolute Gasteiger partial charge is 0.389 e. The third-order valence-electron chi connectivity index (χ3n) is 2.74. The van der Waals surface area contributed by atoms with E-state index in [1.807, 2.05) is 0 Å². The summed E-state index contributed by atoms with van der Waals surface area (Å²) >= 11 is 3.54. The minimum atomic E-state index is -0.483. The quantitative estimate of drug-likeness (QED) is 0.804. The van der Waals surface area contributed by atoms with Gasteiger partial charge in [-0.2, -0.15) is 0 Å². The van der Waals surface area contributed by atoms with Crippen molar-refractivity contribution >= 4 is 21.6 Å². The molecule has 0 aliphatic heterocycles. The summed E-state index contributed by atoms with van der Waals surface area (Å²) in [6.07, 6.45) is -0.483. The average Bonchev–Trinajstić information content (AvgIpc) is 2.32. The monoisotopic (exact) mass is 329 g/mol. The number of ether oxygens (including phenoxy) is 1. The van der Waals surface area contributed by atoms with Gasteiger partial charge in [0.15, 0.2) is 0 Å². The van der Waals surface area contributed by atoms with Crippen LogP contribution in [0.2, 0.25) is 0 Å². The fourth-order valence-electron chi connectivity index (χ4n) is 1.78. The van der Waals surface area contributed by atoms with Gasteiger partial charge in [0.05, 0.1) is 12.7 Å². The van der Waals surface area contributed by atoms with Gasteiger partial charge < -0.3 is 15.2 Å². The van der Waals surface area contributed by atoms with E-state index in [9.17, 15) is 5.11 Å². The first-order valence-electron chi connectivity index (χ1n) is 6.66. The first kappa shape index (κ1) is 16.5. The van der Waals surface area contributed by atoms with Gasteiger partial charge in [0.1, 0.15) is 0 Å². The van der Waals surface area contributed by atoms with E-state index < -0.39 is 6.10 Å². The topological polar surface area (TPSA) is 41.5 Å². The van der Waals surface area contributed by atoms with Crippen molar-refractivity contribution < 1.29 is 9.84 Å². The van der Waals surface area contributed by atoms with Gasteiger partial charge in [0.2, 0.25) is 0 Å². The number of aliphatic hydroxyl groups is 1. The predicted octanol–water partition coefficient (Wildman–Crippen LogP) is 3.51. The number of rotatable bonds is 7. The molecule has 0 fully saturated rings. The molecule has 0 saturated heterocycles. The lowest BCUT2D eigenvalue weighted by Crippen LogP contribution is -2.25. The third kappa shape index (κ3) is 5.93. The Morgan fingerprint density at radius 3 is 2.32 bits per heavy atom. The van der Waals surface area contributed by atoms with Gasteiger partial charge >= 0.3 is 0 Å². The summed E-state index contributed by atoms with van der Waals surface area (Å²) in [5.74, 6) is 0.497. The van der Waals surface area contributed by atoms with Crippen molar-refractivity contribution in [3.8, 4) is 0 Å². The summed E-state index contributed by atoms with van der Waals surface area (Å²) < 4.78 is 6.55. The molecule has 0 aliphatic carbocycles. The van der Waals surface area contributed by atoms with E-state index in [0.717, 1.165) is 10.2 Å². The van der Waals surface area contributed by atoms with Crippen LogP contribution in [0.3, 0.4) is 0 Å². The van der Waals surface area contributed by atoms with Crippen molar-refractivity contribution in [1.29, 1.82) is 0 Å². The van der Waals surface area contributed by atoms with Crippen LogP contribution in [0.1, 0.15) is 25.0 Å². The van der Waals surface area contributed by atoms with Crippen LogP contribution in [0.5, 0.6) is 0 Å². The molecule has 19 heavy (non-hydrogen) atoms. The van der Waals surface area contributed by atoms with Gasteiger partial charge in [-0.05, 0) is 43.0 Å². The van der Waals surface area contributed by atoms with Crippen LogP contribution in [0.4, 0.5) is 5.69 Å². The lowest BCUT2D eigenvalue weighted by molar-refractivity contribution is 0.0318. The van der Waals surface area contributed by atoms with E-state index in [1.54, 1.807) is 0 Å². The van der Waals surface area contributed by atoms with Gasteiger partial charge in [-0.25, -0.2) is 0 Å². The Balaban J connectivity index is 2.40. The van der Waals surface area contributed by atoms with Crippen LogP contribution in [-0.4, -0.2) is 31.0 Å². The number of aryl methyl sites for hydroxylation is 2. The van der Waals surface area contributed by atoms with Crippen LogP contribution in [0.25, 0.3) is 0 Å². The van der Waals surface area contributed by atoms with Gasteiger partial charge in [0, 0.05) is 23.3 Å². The van der Waals surface area contributed by atoms with E-state index in [-0.39, 0.29) is 0 Å². The van der Waals surface area contributed by atoms with E-state index in [0.29, 0.717) is 25.7 Å². The molecule has 1 aromatic carbocycles. The van der Waals surface area contributed by atoms with Crippen LogP contribution in [-0.2, 0) is 4.74 Å². The Morgan fingerprint density at radius 1 is 1.21 bits per heavy atom. The van der Waals surface area contributed by atoms with Crippen LogP contribution >= 0.6 is 15.9 Å². The van der Waals surface area contributed by atoms with Gasteiger partial charge in [-0.15, -0.1) is 0 Å². The van der Waals surface area contributed by atoms with Crippen molar-refractivity contribution in [3.63, 3.8) is 0 Å². The first-order valence-corrected chi connectivity index (χ1v) is 7.46. The minimum Gasteiger partial charge on any atom is -0.389 e. The highest BCUT2D eigenvalue weighted by Gasteiger charge is 2.07. The molecule has 1 unspecified atom stereocenters. The summed E-state index contributed by atoms with van der Waals surface area (Å²) in [7, 11) is 0. The molecule has 4 heteroatoms. The number of nitrogens with one attached hydrogen (secondary N) is 1. The number of halogens is 1. The number of anilines is 1. The molecule has 0 bridgehead atoms. The molecule has 0 heterocycles. The molecule has 0 amide bonds. The fraction of sp³-hybridized carbons (Fsp3) is 0.600. The number of benzene rings is 1. The van der Waals surface area contributed by atoms with Crippen LogP contribution < -0.4 is 5.32 Å². The zero-order valence-corrected chi connectivity index (χ0v) is 13.8. The highest BCUT2D eigenvalue weighted by Crippen LogP contribution is 2.24. The molecule has 0 radical (unpaired) electrons. The smallest absolute Gasteiger partial charge is 0.0945 e. The molecule has 2 N–H and O–H groups in total. The molecule has 1 rings (SSSR count). The standard InChI is InChI=1S/C15H24BrNO2/c1-10(2)8-19-9-14(18)7-17-13-5-11(3)15(16)12(4)6-13/h5-6,10,14,17-18H,7-9H2,1-4H3. The second kappa shape index (κ2) is 7.88. The second-order valence-corrected chi connectivity index (χ2v) is 6.18. The van der Waals surface area contributed by atoms with Crippen molar-refractivity contribution in [2.75, 3.05) is 25.1 Å². The predicted molar refractivity (Wildman–Crippen MR) is 83.8 cm³/mol. The SMILES string of the molecule is Cc1cc(NCC(O)COCC(C)C)cc(C)c1Br. The van der Waals surface area contributed by atoms with Crippen LogP contribution in [0, 0.1) is 19.8 Å². The Labute approximate surface area is 124 Å². The number of hydrogen-bond donors (Lipinski definition) is 2. The van der Waals surface area contributed by atoms with E-state index in [1.165, 1.54) is 11.1 Å². The Morgan fingerprint density at radius 2 is 1.79 bits per heavy atom. The zero-order chi connectivity index (χ0) is 14.4. The maximum absolute atomic E-state index is 9.82. The number of aliphatic hydroxyl groups excluding tert-OH is 1. The molecule has 0 spiro atoms. The molecule has 1 atom stereocenters. The Bertz CT molecular complexity index is 384. The molecule has 3 nitrogen and oxygen atoms in total. The highest BCUT2D eigenvalue weighted by atomic mass is 79.9. The Hall–Kier alpha value is -0.580. The van der Waals surface area contributed by atoms with E-state index >= 15 is 0 Å². The van der Waals surface area contributed by atoms with Gasteiger partial charge in [-0.3, -0.25) is 0 Å². The maximum Gasteiger partial charge on any atom is 0.0945 e. The normalized spacial score (nSPS) is 12.8. The minimum absolute atomic E-state index is 0.375. The lowest BCUT2D eigenvalue weighted by Gasteiger charge is -2.15. The van der Waals surface area contributed by atoms with Crippen molar-refractivity contribution in [2.45, 2.75) is 33.8 Å². The molecule has 0 aromatic heterocycles. The maximum atomic E-state index is 9.82. The molecule has 1 aromatic rings. The van der Waals surface area contributed by atoms with E-state index in [2.05, 4.69) is 61.1 Å². The second-order valence-electron chi connectivity index (χ2n) is 5.39. The van der Waals surface area contributed by atoms with Gasteiger partial charge in [-0.1, -0.05) is 29.8 Å². The Kier molecular flexibility index (Phi) is 6.83. The lowest BCUT2D eigenvalue weighted by atomic mass is 10.1. The summed E-state index contributed by atoms with van der Waals surface area (Å²) in [5.41, 5.74) is 3.40. The summed E-state index contributed by atoms with van der Waals surface area (Å²) in [5, 5.41) is 13.1. The third-order valence-corrected chi connectivity index (χ3v) is 3.99. The van der Waals surface area contributed by atoms with Crippen molar-refractivity contribution in [2.24, 2.45) is 5.92 Å². The molecular weight excluding hydrogens is 306 g/mol. The van der Waals surface area contributed by atoms with Crippen molar-refractivity contribution in [1.82, 2.24) is 0 Å². The van der Waals surface area contributed by atoms with Gasteiger partial charge in [0.25, 0.3) is 0 Å². The zero-order valence-electron chi connectivity index (χ0n) is 12.2. The summed E-state index contributed by atoms with van der Waals surface area (Å²) in [6.45, 7) is 9.87. The van der Waals surface area contributed by atoms with E-state index in [4.69, 9.17) is 4.74 Å². The summed E-state index contributed by atoms with van der Waals surface area (Å²) in [4.78, 5) is 0. The summed E-state index contributed by atoms with van der Waals surface area (Å²) in [6, 6.07) is 4.14. The highest BCUT2D eigenvalue weighted by molar-refractivity contribution is 9.10. The average molecular weight is 330 g/mol. The molecule has 0 aliphatic rings.